The molecule has 0 amide bonds. The number of aromatic nitrogens is 1. The largest absolute Gasteiger partial charge is 0.361 e. The molecule has 1 fully saturated rings. The van der Waals surface area contributed by atoms with E-state index in [0.717, 1.165) is 25.1 Å². The molecule has 2 unspecified atom stereocenters. The molecule has 27 heavy (non-hydrogen) atoms. The predicted octanol–water partition coefficient (Wildman–Crippen LogP) is 4.93. The van der Waals surface area contributed by atoms with Crippen LogP contribution in [-0.2, 0) is 6.42 Å². The van der Waals surface area contributed by atoms with Crippen molar-refractivity contribution in [3.05, 3.63) is 70.4 Å². The molecule has 1 aromatic heterocycles. The van der Waals surface area contributed by atoms with Crippen LogP contribution in [0.15, 0.2) is 42.6 Å². The van der Waals surface area contributed by atoms with Crippen molar-refractivity contribution in [2.45, 2.75) is 32.6 Å². The summed E-state index contributed by atoms with van der Waals surface area (Å²) in [7, 11) is 2.22. The number of aromatic amines is 1. The fourth-order valence-electron chi connectivity index (χ4n) is 4.77. The number of benzene rings is 2. The van der Waals surface area contributed by atoms with E-state index < -0.39 is 0 Å². The SMILES string of the molecule is Cc1cc(C)c2[nH]ccc2c1CC1CCN(C)CC1c1ccc(C#N)cc1. The highest BCUT2D eigenvalue weighted by atomic mass is 15.1. The molecular formula is C24H27N3. The highest BCUT2D eigenvalue weighted by Crippen LogP contribution is 2.37. The molecule has 4 rings (SSSR count). The third kappa shape index (κ3) is 3.38. The molecule has 0 spiro atoms. The summed E-state index contributed by atoms with van der Waals surface area (Å²) >= 11 is 0. The number of nitrogens with one attached hydrogen (secondary N) is 1. The number of fused-ring (bicyclic) bond motifs is 1. The highest BCUT2D eigenvalue weighted by Gasteiger charge is 2.30. The van der Waals surface area contributed by atoms with Gasteiger partial charge in [0.2, 0.25) is 0 Å². The lowest BCUT2D eigenvalue weighted by atomic mass is 9.76. The Kier molecular flexibility index (Phi) is 4.76. The molecule has 0 aliphatic carbocycles. The van der Waals surface area contributed by atoms with Crippen LogP contribution in [-0.4, -0.2) is 30.0 Å². The van der Waals surface area contributed by atoms with Crippen molar-refractivity contribution in [2.75, 3.05) is 20.1 Å². The molecule has 3 heteroatoms. The van der Waals surface area contributed by atoms with Crippen molar-refractivity contribution in [1.82, 2.24) is 9.88 Å². The standard InChI is InChI=1S/C24H27N3/c1-16-12-17(2)24-21(8-10-26-24)22(16)13-20-9-11-27(3)15-23(20)19-6-4-18(14-25)5-7-19/h4-8,10,12,20,23,26H,9,11,13,15H2,1-3H3. The second-order valence-corrected chi connectivity index (χ2v) is 8.11. The van der Waals surface area contributed by atoms with Crippen molar-refractivity contribution in [3.8, 4) is 6.07 Å². The Hall–Kier alpha value is -2.57. The van der Waals surface area contributed by atoms with Gasteiger partial charge in [0.05, 0.1) is 11.6 Å². The number of aryl methyl sites for hydroxylation is 2. The van der Waals surface area contributed by atoms with Crippen LogP contribution in [0.1, 0.15) is 40.2 Å². The lowest BCUT2D eigenvalue weighted by Crippen LogP contribution is -2.37. The van der Waals surface area contributed by atoms with E-state index in [1.807, 2.05) is 12.1 Å². The molecule has 2 aromatic carbocycles. The Morgan fingerprint density at radius 1 is 1.15 bits per heavy atom. The minimum atomic E-state index is 0.506. The van der Waals surface area contributed by atoms with Gasteiger partial charge in [-0.15, -0.1) is 0 Å². The molecule has 0 saturated carbocycles. The van der Waals surface area contributed by atoms with Gasteiger partial charge in [-0.1, -0.05) is 18.2 Å². The van der Waals surface area contributed by atoms with Crippen LogP contribution in [0.5, 0.6) is 0 Å². The molecule has 1 aliphatic rings. The second-order valence-electron chi connectivity index (χ2n) is 8.11. The van der Waals surface area contributed by atoms with Crippen LogP contribution >= 0.6 is 0 Å². The number of nitrogens with zero attached hydrogens (tertiary/aromatic N) is 2. The summed E-state index contributed by atoms with van der Waals surface area (Å²) in [5.41, 5.74) is 7.59. The van der Waals surface area contributed by atoms with E-state index in [1.54, 1.807) is 0 Å². The number of hydrogen-bond donors (Lipinski definition) is 1. The summed E-state index contributed by atoms with van der Waals surface area (Å²) in [6.45, 7) is 6.67. The zero-order valence-corrected chi connectivity index (χ0v) is 16.4. The lowest BCUT2D eigenvalue weighted by molar-refractivity contribution is 0.188. The van der Waals surface area contributed by atoms with Gasteiger partial charge in [0.25, 0.3) is 0 Å². The van der Waals surface area contributed by atoms with Crippen LogP contribution in [0, 0.1) is 31.1 Å². The Balaban J connectivity index is 1.69. The number of hydrogen-bond acceptors (Lipinski definition) is 2. The maximum absolute atomic E-state index is 9.10. The molecule has 3 aromatic rings. The van der Waals surface area contributed by atoms with Crippen LogP contribution in [0.25, 0.3) is 10.9 Å². The maximum atomic E-state index is 9.10. The lowest BCUT2D eigenvalue weighted by Gasteiger charge is -2.37. The van der Waals surface area contributed by atoms with Gasteiger partial charge in [-0.05, 0) is 92.6 Å². The summed E-state index contributed by atoms with van der Waals surface area (Å²) in [5, 5.41) is 10.5. The molecule has 1 aliphatic heterocycles. The zero-order chi connectivity index (χ0) is 19.0. The third-order valence-corrected chi connectivity index (χ3v) is 6.27. The van der Waals surface area contributed by atoms with E-state index in [2.05, 4.69) is 67.3 Å². The molecule has 0 radical (unpaired) electrons. The number of rotatable bonds is 3. The topological polar surface area (TPSA) is 42.8 Å². The summed E-state index contributed by atoms with van der Waals surface area (Å²) < 4.78 is 0. The van der Waals surface area contributed by atoms with E-state index in [4.69, 9.17) is 5.26 Å². The van der Waals surface area contributed by atoms with Gasteiger partial charge in [0.1, 0.15) is 0 Å². The summed E-state index contributed by atoms with van der Waals surface area (Å²) in [6, 6.07) is 15.0. The Morgan fingerprint density at radius 3 is 2.67 bits per heavy atom. The Morgan fingerprint density at radius 2 is 1.93 bits per heavy atom. The highest BCUT2D eigenvalue weighted by molar-refractivity contribution is 5.87. The summed E-state index contributed by atoms with van der Waals surface area (Å²) in [6.07, 6.45) is 4.38. The van der Waals surface area contributed by atoms with Gasteiger partial charge >= 0.3 is 0 Å². The minimum Gasteiger partial charge on any atom is -0.361 e. The smallest absolute Gasteiger partial charge is 0.0991 e. The van der Waals surface area contributed by atoms with E-state index in [9.17, 15) is 0 Å². The fourth-order valence-corrected chi connectivity index (χ4v) is 4.77. The van der Waals surface area contributed by atoms with Gasteiger partial charge in [-0.3, -0.25) is 0 Å². The van der Waals surface area contributed by atoms with Gasteiger partial charge in [-0.25, -0.2) is 0 Å². The van der Waals surface area contributed by atoms with Gasteiger partial charge < -0.3 is 9.88 Å². The van der Waals surface area contributed by atoms with Crippen LogP contribution in [0.2, 0.25) is 0 Å². The number of piperidine rings is 1. The monoisotopic (exact) mass is 357 g/mol. The van der Waals surface area contributed by atoms with Crippen molar-refractivity contribution in [3.63, 3.8) is 0 Å². The molecule has 2 heterocycles. The average Bonchev–Trinajstić information content (AvgIpc) is 3.16. The van der Waals surface area contributed by atoms with Crippen LogP contribution in [0.4, 0.5) is 0 Å². The number of likely N-dealkylation sites (tertiary alicyclic amines) is 1. The predicted molar refractivity (Wildman–Crippen MR) is 111 cm³/mol. The fraction of sp³-hybridized carbons (Fsp3) is 0.375. The molecule has 3 nitrogen and oxygen atoms in total. The van der Waals surface area contributed by atoms with Crippen molar-refractivity contribution in [2.24, 2.45) is 5.92 Å². The zero-order valence-electron chi connectivity index (χ0n) is 16.4. The summed E-state index contributed by atoms with van der Waals surface area (Å²) in [4.78, 5) is 5.85. The van der Waals surface area contributed by atoms with Crippen LogP contribution < -0.4 is 0 Å². The van der Waals surface area contributed by atoms with E-state index in [1.165, 1.54) is 39.6 Å². The number of nitriles is 1. The normalized spacial score (nSPS) is 20.7. The van der Waals surface area contributed by atoms with E-state index in [0.29, 0.717) is 11.8 Å². The third-order valence-electron chi connectivity index (χ3n) is 6.27. The van der Waals surface area contributed by atoms with Crippen LogP contribution in [0.3, 0.4) is 0 Å². The first kappa shape index (κ1) is 17.8. The number of likely N-dealkylation sites (N-methyl/N-ethyl adjacent to an activating group) is 1. The van der Waals surface area contributed by atoms with Gasteiger partial charge in [0, 0.05) is 23.6 Å². The first-order valence-corrected chi connectivity index (χ1v) is 9.81. The Bertz CT molecular complexity index is 991. The van der Waals surface area contributed by atoms with Crippen molar-refractivity contribution >= 4 is 10.9 Å². The van der Waals surface area contributed by atoms with Crippen molar-refractivity contribution in [1.29, 1.82) is 5.26 Å². The minimum absolute atomic E-state index is 0.506. The second kappa shape index (κ2) is 7.21. The van der Waals surface area contributed by atoms with Gasteiger partial charge in [-0.2, -0.15) is 5.26 Å². The first-order chi connectivity index (χ1) is 13.1. The first-order valence-electron chi connectivity index (χ1n) is 9.81. The molecule has 0 bridgehead atoms. The Labute approximate surface area is 161 Å². The van der Waals surface area contributed by atoms with Gasteiger partial charge in [0.15, 0.2) is 0 Å². The quantitative estimate of drug-likeness (QED) is 0.722. The molecular weight excluding hydrogens is 330 g/mol. The van der Waals surface area contributed by atoms with E-state index in [-0.39, 0.29) is 0 Å². The molecule has 1 saturated heterocycles. The molecule has 1 N–H and O–H groups in total. The molecule has 138 valence electrons. The average molecular weight is 358 g/mol. The summed E-state index contributed by atoms with van der Waals surface area (Å²) in [5.74, 6) is 1.12. The van der Waals surface area contributed by atoms with E-state index >= 15 is 0 Å². The molecule has 2 atom stereocenters. The maximum Gasteiger partial charge on any atom is 0.0991 e. The number of H-pyrrole nitrogens is 1. The van der Waals surface area contributed by atoms with Crippen molar-refractivity contribution < 1.29 is 0 Å².